The van der Waals surface area contributed by atoms with Gasteiger partial charge >= 0.3 is 5.69 Å². The predicted octanol–water partition coefficient (Wildman–Crippen LogP) is 4.18. The summed E-state index contributed by atoms with van der Waals surface area (Å²) in [7, 11) is 0. The van der Waals surface area contributed by atoms with E-state index in [-0.39, 0.29) is 17.3 Å². The Kier molecular flexibility index (Phi) is 5.35. The summed E-state index contributed by atoms with van der Waals surface area (Å²) in [6, 6.07) is 18.3. The summed E-state index contributed by atoms with van der Waals surface area (Å²) in [6.07, 6.45) is 1.06. The first kappa shape index (κ1) is 19.7. The monoisotopic (exact) mass is 418 g/mol. The first-order valence-corrected chi connectivity index (χ1v) is 9.09. The number of benzene rings is 3. The first-order chi connectivity index (χ1) is 15.0. The van der Waals surface area contributed by atoms with Crippen LogP contribution in [0, 0.1) is 15.9 Å². The summed E-state index contributed by atoms with van der Waals surface area (Å²) < 4.78 is 13.9. The molecule has 0 atom stereocenters. The fourth-order valence-electron chi connectivity index (χ4n) is 3.03. The number of hydrazine groups is 1. The van der Waals surface area contributed by atoms with E-state index in [0.29, 0.717) is 5.56 Å². The van der Waals surface area contributed by atoms with Crippen molar-refractivity contribution in [3.05, 3.63) is 94.6 Å². The Bertz CT molecular complexity index is 1290. The molecule has 4 aromatic rings. The molecule has 0 spiro atoms. The molecule has 1 amide bonds. The highest BCUT2D eigenvalue weighted by Crippen LogP contribution is 2.31. The molecule has 1 aromatic heterocycles. The maximum atomic E-state index is 13.9. The molecule has 1 heterocycles. The number of anilines is 3. The van der Waals surface area contributed by atoms with Gasteiger partial charge in [-0.1, -0.05) is 48.5 Å². The van der Waals surface area contributed by atoms with Crippen LogP contribution in [0.4, 0.5) is 27.4 Å². The fraction of sp³-hybridized carbons (Fsp3) is 0. The van der Waals surface area contributed by atoms with Crippen LogP contribution in [0.3, 0.4) is 0 Å². The maximum Gasteiger partial charge on any atom is 0.355 e. The summed E-state index contributed by atoms with van der Waals surface area (Å²) in [6.45, 7) is 0. The van der Waals surface area contributed by atoms with Crippen molar-refractivity contribution < 1.29 is 14.1 Å². The van der Waals surface area contributed by atoms with Crippen molar-refractivity contribution in [2.24, 2.45) is 0 Å². The Morgan fingerprint density at radius 2 is 1.65 bits per heavy atom. The first-order valence-electron chi connectivity index (χ1n) is 9.09. The third-order valence-corrected chi connectivity index (χ3v) is 4.46. The van der Waals surface area contributed by atoms with Crippen LogP contribution in [-0.4, -0.2) is 20.8 Å². The number of fused-ring (bicyclic) bond motifs is 1. The van der Waals surface area contributed by atoms with Crippen molar-refractivity contribution in [1.82, 2.24) is 15.4 Å². The van der Waals surface area contributed by atoms with Gasteiger partial charge in [0.25, 0.3) is 5.91 Å². The van der Waals surface area contributed by atoms with E-state index in [1.54, 1.807) is 24.3 Å². The zero-order chi connectivity index (χ0) is 21.8. The van der Waals surface area contributed by atoms with Crippen molar-refractivity contribution in [2.45, 2.75) is 0 Å². The molecule has 3 N–H and O–H groups in total. The van der Waals surface area contributed by atoms with E-state index < -0.39 is 22.3 Å². The summed E-state index contributed by atoms with van der Waals surface area (Å²) in [5, 5.41) is 15.8. The van der Waals surface area contributed by atoms with Crippen LogP contribution in [0.15, 0.2) is 73.1 Å². The van der Waals surface area contributed by atoms with Gasteiger partial charge in [0.15, 0.2) is 0 Å². The highest BCUT2D eigenvalue weighted by molar-refractivity contribution is 6.07. The van der Waals surface area contributed by atoms with Crippen LogP contribution < -0.4 is 16.2 Å². The van der Waals surface area contributed by atoms with Crippen LogP contribution >= 0.6 is 0 Å². The van der Waals surface area contributed by atoms with E-state index in [1.807, 2.05) is 24.3 Å². The second kappa shape index (κ2) is 8.41. The standard InChI is InChI=1S/C21H15FN6O3/c22-16-10-3-4-11-17(16)25-19-18(28(30)31)20(24-12-23-19)26-27-21(29)15-9-5-7-13-6-1-2-8-14(13)15/h1-12H,(H,27,29)(H2,23,24,25,26). The fourth-order valence-corrected chi connectivity index (χ4v) is 3.03. The summed E-state index contributed by atoms with van der Waals surface area (Å²) in [5.41, 5.74) is 4.73. The number of hydrogen-bond acceptors (Lipinski definition) is 7. The van der Waals surface area contributed by atoms with E-state index in [0.717, 1.165) is 17.1 Å². The number of carbonyl (C=O) groups is 1. The van der Waals surface area contributed by atoms with Crippen LogP contribution in [0.25, 0.3) is 10.8 Å². The molecule has 0 bridgehead atoms. The van der Waals surface area contributed by atoms with Gasteiger partial charge in [-0.3, -0.25) is 25.8 Å². The van der Waals surface area contributed by atoms with Gasteiger partial charge in [-0.2, -0.15) is 0 Å². The lowest BCUT2D eigenvalue weighted by Gasteiger charge is -2.12. The molecule has 0 saturated heterocycles. The lowest BCUT2D eigenvalue weighted by Crippen LogP contribution is -2.30. The number of rotatable bonds is 6. The minimum Gasteiger partial charge on any atom is -0.332 e. The van der Waals surface area contributed by atoms with E-state index in [4.69, 9.17) is 0 Å². The smallest absolute Gasteiger partial charge is 0.332 e. The third-order valence-electron chi connectivity index (χ3n) is 4.46. The Morgan fingerprint density at radius 3 is 2.45 bits per heavy atom. The minimum atomic E-state index is -0.727. The maximum absolute atomic E-state index is 13.9. The number of aromatic nitrogens is 2. The van der Waals surface area contributed by atoms with Crippen molar-refractivity contribution in [2.75, 3.05) is 10.7 Å². The van der Waals surface area contributed by atoms with Crippen LogP contribution in [0.2, 0.25) is 0 Å². The average molecular weight is 418 g/mol. The van der Waals surface area contributed by atoms with E-state index in [9.17, 15) is 19.3 Å². The Balaban J connectivity index is 1.60. The molecule has 154 valence electrons. The molecular weight excluding hydrogens is 403 g/mol. The zero-order valence-corrected chi connectivity index (χ0v) is 15.9. The van der Waals surface area contributed by atoms with Crippen molar-refractivity contribution in [3.63, 3.8) is 0 Å². The van der Waals surface area contributed by atoms with Crippen molar-refractivity contribution >= 4 is 39.7 Å². The largest absolute Gasteiger partial charge is 0.355 e. The molecule has 3 aromatic carbocycles. The van der Waals surface area contributed by atoms with Crippen molar-refractivity contribution in [1.29, 1.82) is 0 Å². The number of nitro groups is 1. The molecule has 10 heteroatoms. The molecule has 31 heavy (non-hydrogen) atoms. The Hall–Kier alpha value is -4.60. The molecular formula is C21H15FN6O3. The highest BCUT2D eigenvalue weighted by atomic mass is 19.1. The van der Waals surface area contributed by atoms with Gasteiger partial charge in [-0.05, 0) is 29.0 Å². The number of nitrogens with zero attached hydrogens (tertiary/aromatic N) is 3. The van der Waals surface area contributed by atoms with E-state index in [2.05, 4.69) is 26.1 Å². The number of hydrogen-bond donors (Lipinski definition) is 3. The third kappa shape index (κ3) is 4.08. The molecule has 4 rings (SSSR count). The van der Waals surface area contributed by atoms with Gasteiger partial charge in [-0.25, -0.2) is 14.4 Å². The lowest BCUT2D eigenvalue weighted by molar-refractivity contribution is -0.383. The lowest BCUT2D eigenvalue weighted by atomic mass is 10.0. The van der Waals surface area contributed by atoms with Crippen LogP contribution in [-0.2, 0) is 0 Å². The number of halogens is 1. The highest BCUT2D eigenvalue weighted by Gasteiger charge is 2.24. The van der Waals surface area contributed by atoms with Crippen molar-refractivity contribution in [3.8, 4) is 0 Å². The number of para-hydroxylation sites is 1. The molecule has 0 aliphatic carbocycles. The Morgan fingerprint density at radius 1 is 0.935 bits per heavy atom. The van der Waals surface area contributed by atoms with Gasteiger partial charge in [0.1, 0.15) is 12.1 Å². The topological polar surface area (TPSA) is 122 Å². The van der Waals surface area contributed by atoms with Gasteiger partial charge in [0, 0.05) is 5.56 Å². The second-order valence-electron chi connectivity index (χ2n) is 6.39. The number of amides is 1. The average Bonchev–Trinajstić information content (AvgIpc) is 2.78. The molecule has 0 radical (unpaired) electrons. The van der Waals surface area contributed by atoms with E-state index in [1.165, 1.54) is 18.2 Å². The van der Waals surface area contributed by atoms with Gasteiger partial charge < -0.3 is 5.32 Å². The van der Waals surface area contributed by atoms with Crippen LogP contribution in [0.5, 0.6) is 0 Å². The van der Waals surface area contributed by atoms with Gasteiger partial charge in [0.05, 0.1) is 10.6 Å². The molecule has 0 saturated carbocycles. The number of carbonyl (C=O) groups excluding carboxylic acids is 1. The normalized spacial score (nSPS) is 10.5. The van der Waals surface area contributed by atoms with Gasteiger partial charge in [-0.15, -0.1) is 0 Å². The molecule has 0 unspecified atom stereocenters. The zero-order valence-electron chi connectivity index (χ0n) is 15.9. The van der Waals surface area contributed by atoms with E-state index >= 15 is 0 Å². The summed E-state index contributed by atoms with van der Waals surface area (Å²) in [5.74, 6) is -1.60. The molecule has 0 aliphatic rings. The Labute approximate surface area is 175 Å². The quantitative estimate of drug-likeness (QED) is 0.317. The SMILES string of the molecule is O=C(NNc1ncnc(Nc2ccccc2F)c1[N+](=O)[O-])c1cccc2ccccc12. The second-order valence-corrected chi connectivity index (χ2v) is 6.39. The number of nitrogens with one attached hydrogen (secondary N) is 3. The van der Waals surface area contributed by atoms with Crippen LogP contribution in [0.1, 0.15) is 10.4 Å². The summed E-state index contributed by atoms with van der Waals surface area (Å²) >= 11 is 0. The molecule has 0 aliphatic heterocycles. The van der Waals surface area contributed by atoms with Gasteiger partial charge in [0.2, 0.25) is 11.6 Å². The molecule has 9 nitrogen and oxygen atoms in total. The summed E-state index contributed by atoms with van der Waals surface area (Å²) in [4.78, 5) is 31.3. The molecule has 0 fully saturated rings. The minimum absolute atomic E-state index is 0.00930. The predicted molar refractivity (Wildman–Crippen MR) is 113 cm³/mol.